The molecule has 14 heteroatoms. The van der Waals surface area contributed by atoms with Crippen LogP contribution in [0.15, 0.2) is 47.3 Å². The summed E-state index contributed by atoms with van der Waals surface area (Å²) < 4.78 is 4.33. The number of rotatable bonds is 8. The van der Waals surface area contributed by atoms with Crippen LogP contribution in [0.2, 0.25) is 0 Å². The molecule has 14 nitrogen and oxygen atoms in total. The van der Waals surface area contributed by atoms with Crippen molar-refractivity contribution in [3.63, 3.8) is 0 Å². The Morgan fingerprint density at radius 3 is 2.43 bits per heavy atom. The van der Waals surface area contributed by atoms with Crippen molar-refractivity contribution in [1.82, 2.24) is 9.97 Å². The lowest BCUT2D eigenvalue weighted by molar-refractivity contribution is -0.384. The molecule has 0 radical (unpaired) electrons. The summed E-state index contributed by atoms with van der Waals surface area (Å²) in [6.45, 7) is 0. The highest BCUT2D eigenvalue weighted by Gasteiger charge is 2.40. The van der Waals surface area contributed by atoms with Crippen molar-refractivity contribution in [2.75, 3.05) is 12.4 Å². The molecule has 178 valence electrons. The number of non-ortho nitro benzene ring substituents is 1. The van der Waals surface area contributed by atoms with Gasteiger partial charge in [0.25, 0.3) is 28.8 Å². The van der Waals surface area contributed by atoms with E-state index < -0.39 is 51.4 Å². The van der Waals surface area contributed by atoms with Crippen LogP contribution >= 0.6 is 0 Å². The van der Waals surface area contributed by atoms with Gasteiger partial charge in [0.1, 0.15) is 11.6 Å². The number of nitro groups is 1. The number of nitrogens with one attached hydrogen (secondary N) is 2. The molecule has 0 fully saturated rings. The number of fused-ring (bicyclic) bond motifs is 1. The van der Waals surface area contributed by atoms with Crippen molar-refractivity contribution in [3.05, 3.63) is 74.2 Å². The minimum atomic E-state index is -2.31. The van der Waals surface area contributed by atoms with E-state index in [9.17, 15) is 38.9 Å². The number of amides is 2. The maximum atomic E-state index is 13.0. The number of para-hydroxylation sites is 1. The second-order valence-electron chi connectivity index (χ2n) is 6.93. The fraction of sp³-hybridized carbons (Fsp3) is 0.0952. The summed E-state index contributed by atoms with van der Waals surface area (Å²) in [5.74, 6) is -9.33. The number of anilines is 1. The highest BCUT2D eigenvalue weighted by molar-refractivity contribution is 6.52. The summed E-state index contributed by atoms with van der Waals surface area (Å²) in [6.07, 6.45) is 0. The molecule has 2 amide bonds. The van der Waals surface area contributed by atoms with Crippen molar-refractivity contribution in [3.8, 4) is 0 Å². The Morgan fingerprint density at radius 1 is 1.11 bits per heavy atom. The van der Waals surface area contributed by atoms with Gasteiger partial charge >= 0.3 is 5.97 Å². The summed E-state index contributed by atoms with van der Waals surface area (Å²) in [5.41, 5.74) is 2.44. The van der Waals surface area contributed by atoms with E-state index in [1.54, 1.807) is 0 Å². The molecule has 0 aliphatic carbocycles. The summed E-state index contributed by atoms with van der Waals surface area (Å²) >= 11 is 0. The molecule has 0 unspecified atom stereocenters. The van der Waals surface area contributed by atoms with Gasteiger partial charge in [-0.25, -0.2) is 9.78 Å². The number of primary amides is 1. The molecule has 1 heterocycles. The zero-order valence-electron chi connectivity index (χ0n) is 17.8. The van der Waals surface area contributed by atoms with Crippen LogP contribution in [0.25, 0.3) is 11.0 Å². The fourth-order valence-corrected chi connectivity index (χ4v) is 3.11. The fourth-order valence-electron chi connectivity index (χ4n) is 3.11. The highest BCUT2D eigenvalue weighted by Crippen LogP contribution is 2.21. The van der Waals surface area contributed by atoms with Gasteiger partial charge in [0.2, 0.25) is 5.78 Å². The minimum absolute atomic E-state index is 0.0693. The first kappa shape index (κ1) is 24.4. The van der Waals surface area contributed by atoms with E-state index in [1.807, 2.05) is 0 Å². The number of nitrogens with two attached hydrogens (primary N) is 1. The van der Waals surface area contributed by atoms with E-state index in [0.717, 1.165) is 25.3 Å². The SMILES string of the molecule is COC(=O)C(=O)[C@H](C(=O)C(=O)Nc1ccccc1C(N)=O)c1nc2ccc([N+](=O)[O-])cc2[nH]c1=O. The van der Waals surface area contributed by atoms with Crippen LogP contribution in [0, 0.1) is 10.1 Å². The molecule has 2 aromatic carbocycles. The van der Waals surface area contributed by atoms with E-state index in [2.05, 4.69) is 20.0 Å². The first-order valence-corrected chi connectivity index (χ1v) is 9.59. The monoisotopic (exact) mass is 481 g/mol. The predicted octanol–water partition coefficient (Wildman–Crippen LogP) is -0.0363. The van der Waals surface area contributed by atoms with E-state index in [4.69, 9.17) is 5.73 Å². The van der Waals surface area contributed by atoms with Gasteiger partial charge in [-0.3, -0.25) is 34.1 Å². The molecule has 0 bridgehead atoms. The third-order valence-electron chi connectivity index (χ3n) is 4.76. The Morgan fingerprint density at radius 2 is 1.80 bits per heavy atom. The molecule has 0 saturated heterocycles. The van der Waals surface area contributed by atoms with Gasteiger partial charge < -0.3 is 20.8 Å². The molecule has 3 rings (SSSR count). The van der Waals surface area contributed by atoms with Gasteiger partial charge in [0, 0.05) is 12.1 Å². The smallest absolute Gasteiger partial charge is 0.375 e. The second kappa shape index (κ2) is 9.70. The third kappa shape index (κ3) is 4.90. The number of esters is 1. The number of hydrogen-bond acceptors (Lipinski definition) is 10. The maximum Gasteiger partial charge on any atom is 0.375 e. The van der Waals surface area contributed by atoms with Gasteiger partial charge in [-0.15, -0.1) is 0 Å². The van der Waals surface area contributed by atoms with Crippen LogP contribution in [0.5, 0.6) is 0 Å². The van der Waals surface area contributed by atoms with Gasteiger partial charge in [-0.05, 0) is 18.2 Å². The normalized spacial score (nSPS) is 11.3. The van der Waals surface area contributed by atoms with Crippen LogP contribution in [0.3, 0.4) is 0 Å². The summed E-state index contributed by atoms with van der Waals surface area (Å²) in [4.78, 5) is 90.9. The zero-order valence-corrected chi connectivity index (χ0v) is 17.8. The van der Waals surface area contributed by atoms with E-state index in [1.165, 1.54) is 24.3 Å². The quantitative estimate of drug-likeness (QED) is 0.128. The number of benzene rings is 2. The Kier molecular flexibility index (Phi) is 6.75. The maximum absolute atomic E-state index is 13.0. The first-order valence-electron chi connectivity index (χ1n) is 9.59. The second-order valence-corrected chi connectivity index (χ2v) is 6.93. The van der Waals surface area contributed by atoms with E-state index in [-0.39, 0.29) is 28.0 Å². The highest BCUT2D eigenvalue weighted by atomic mass is 16.6. The number of hydrogen-bond donors (Lipinski definition) is 3. The number of Topliss-reactive ketones (excluding diaryl/α,β-unsaturated/α-hetero) is 2. The lowest BCUT2D eigenvalue weighted by Crippen LogP contribution is -2.39. The van der Waals surface area contributed by atoms with E-state index in [0.29, 0.717) is 0 Å². The van der Waals surface area contributed by atoms with Crippen LogP contribution < -0.4 is 16.6 Å². The minimum Gasteiger partial charge on any atom is -0.463 e. The molecule has 1 atom stereocenters. The van der Waals surface area contributed by atoms with Gasteiger partial charge in [0.05, 0.1) is 34.3 Å². The Bertz CT molecular complexity index is 1480. The number of H-pyrrole nitrogens is 1. The summed E-state index contributed by atoms with van der Waals surface area (Å²) in [5, 5.41) is 13.1. The van der Waals surface area contributed by atoms with Gasteiger partial charge in [-0.2, -0.15) is 0 Å². The zero-order chi connectivity index (χ0) is 25.9. The predicted molar refractivity (Wildman–Crippen MR) is 117 cm³/mol. The lowest BCUT2D eigenvalue weighted by Gasteiger charge is -2.14. The molecule has 1 aromatic heterocycles. The van der Waals surface area contributed by atoms with Crippen LogP contribution in [-0.2, 0) is 23.9 Å². The number of ether oxygens (including phenoxy) is 1. The Balaban J connectivity index is 2.09. The molecule has 0 aliphatic rings. The molecular weight excluding hydrogens is 466 g/mol. The number of nitrogens with zero attached hydrogens (tertiary/aromatic N) is 2. The Hall–Kier alpha value is -5.27. The molecular formula is C21H15N5O9. The summed E-state index contributed by atoms with van der Waals surface area (Å²) in [6, 6.07) is 8.61. The van der Waals surface area contributed by atoms with Gasteiger partial charge in [-0.1, -0.05) is 12.1 Å². The summed E-state index contributed by atoms with van der Waals surface area (Å²) in [7, 11) is 0.849. The number of nitro benzene ring substituents is 1. The Labute approximate surface area is 194 Å². The average molecular weight is 481 g/mol. The van der Waals surface area contributed by atoms with Crippen molar-refractivity contribution in [2.45, 2.75) is 5.92 Å². The lowest BCUT2D eigenvalue weighted by atomic mass is 9.94. The first-order chi connectivity index (χ1) is 16.5. The number of carbonyl (C=O) groups excluding carboxylic acids is 5. The van der Waals surface area contributed by atoms with Crippen LogP contribution in [0.1, 0.15) is 22.0 Å². The number of methoxy groups -OCH3 is 1. The third-order valence-corrected chi connectivity index (χ3v) is 4.76. The van der Waals surface area contributed by atoms with Crippen LogP contribution in [-0.4, -0.2) is 51.4 Å². The number of carbonyl (C=O) groups is 5. The van der Waals surface area contributed by atoms with Crippen LogP contribution in [0.4, 0.5) is 11.4 Å². The van der Waals surface area contributed by atoms with Crippen molar-refractivity contribution in [1.29, 1.82) is 0 Å². The molecule has 0 saturated carbocycles. The molecule has 35 heavy (non-hydrogen) atoms. The number of ketones is 2. The standard InChI is InChI=1S/C21H15N5O9/c1-35-21(32)17(28)14(16(27)20(31)24-11-5-3-2-4-10(11)18(22)29)15-19(30)25-13-8-9(26(33)34)6-7-12(13)23-15/h2-8,14H,1H3,(H2,22,29)(H,24,31)(H,25,30)/t14-/m0/s1. The van der Waals surface area contributed by atoms with Crippen molar-refractivity contribution < 1.29 is 33.6 Å². The topological polar surface area (TPSA) is 222 Å². The van der Waals surface area contributed by atoms with Crippen molar-refractivity contribution >= 4 is 51.8 Å². The number of aromatic amines is 1. The van der Waals surface area contributed by atoms with E-state index >= 15 is 0 Å². The molecule has 0 spiro atoms. The molecule has 4 N–H and O–H groups in total. The molecule has 0 aliphatic heterocycles. The average Bonchev–Trinajstić information content (AvgIpc) is 2.83. The number of aromatic nitrogens is 2. The van der Waals surface area contributed by atoms with Gasteiger partial charge in [0.15, 0.2) is 0 Å². The molecule has 3 aromatic rings. The largest absolute Gasteiger partial charge is 0.463 e. The van der Waals surface area contributed by atoms with Crippen molar-refractivity contribution in [2.24, 2.45) is 5.73 Å².